The summed E-state index contributed by atoms with van der Waals surface area (Å²) in [6, 6.07) is 4.90. The van der Waals surface area contributed by atoms with Crippen molar-refractivity contribution in [3.05, 3.63) is 35.4 Å². The first kappa shape index (κ1) is 24.1. The molecule has 1 aliphatic heterocycles. The zero-order valence-corrected chi connectivity index (χ0v) is 17.8. The number of rotatable bonds is 9. The molecule has 0 radical (unpaired) electrons. The van der Waals surface area contributed by atoms with Gasteiger partial charge in [0.15, 0.2) is 18.1 Å². The third kappa shape index (κ3) is 8.65. The topological polar surface area (TPSA) is 50.8 Å². The lowest BCUT2D eigenvalue weighted by Crippen LogP contribution is -2.44. The fraction of sp³-hybridized carbons (Fsp3) is 0.591. The average Bonchev–Trinajstić information content (AvgIpc) is 2.69. The minimum absolute atomic E-state index is 0.0193. The molecule has 0 unspecified atom stereocenters. The smallest absolute Gasteiger partial charge is 0.422 e. The van der Waals surface area contributed by atoms with Gasteiger partial charge in [-0.25, -0.2) is 0 Å². The van der Waals surface area contributed by atoms with Crippen LogP contribution in [0.15, 0.2) is 29.8 Å². The summed E-state index contributed by atoms with van der Waals surface area (Å²) in [6.45, 7) is 5.68. The van der Waals surface area contributed by atoms with E-state index in [1.54, 1.807) is 12.1 Å². The lowest BCUT2D eigenvalue weighted by Gasteiger charge is -2.31. The Morgan fingerprint density at radius 3 is 2.53 bits per heavy atom. The van der Waals surface area contributed by atoms with Crippen molar-refractivity contribution in [3.63, 3.8) is 0 Å². The van der Waals surface area contributed by atoms with Crippen molar-refractivity contribution >= 4 is 5.91 Å². The minimum Gasteiger partial charge on any atom is -0.493 e. The Balaban J connectivity index is 1.77. The highest BCUT2D eigenvalue weighted by molar-refractivity contribution is 5.76. The van der Waals surface area contributed by atoms with Crippen LogP contribution >= 0.6 is 0 Å². The highest BCUT2D eigenvalue weighted by atomic mass is 19.4. The van der Waals surface area contributed by atoms with Crippen molar-refractivity contribution < 1.29 is 27.4 Å². The summed E-state index contributed by atoms with van der Waals surface area (Å²) in [4.78, 5) is 14.7. The largest absolute Gasteiger partial charge is 0.493 e. The summed E-state index contributed by atoms with van der Waals surface area (Å²) < 4.78 is 46.9. The predicted molar refractivity (Wildman–Crippen MR) is 110 cm³/mol. The summed E-state index contributed by atoms with van der Waals surface area (Å²) in [6.07, 6.45) is 0.448. The van der Waals surface area contributed by atoms with E-state index in [2.05, 4.69) is 30.1 Å². The Labute approximate surface area is 176 Å². The molecule has 1 fully saturated rings. The molecule has 1 N–H and O–H groups in total. The van der Waals surface area contributed by atoms with Gasteiger partial charge in [0.1, 0.15) is 0 Å². The Kier molecular flexibility index (Phi) is 9.02. The first-order valence-electron chi connectivity index (χ1n) is 10.2. The van der Waals surface area contributed by atoms with Gasteiger partial charge in [-0.05, 0) is 50.8 Å². The molecule has 1 heterocycles. The molecule has 168 valence electrons. The van der Waals surface area contributed by atoms with Crippen LogP contribution in [0.2, 0.25) is 0 Å². The first-order valence-corrected chi connectivity index (χ1v) is 10.2. The third-order valence-corrected chi connectivity index (χ3v) is 4.97. The third-order valence-electron chi connectivity index (χ3n) is 4.97. The fourth-order valence-electron chi connectivity index (χ4n) is 3.28. The second-order valence-corrected chi connectivity index (χ2v) is 7.81. The molecule has 0 bridgehead atoms. The number of methoxy groups -OCH3 is 1. The van der Waals surface area contributed by atoms with Gasteiger partial charge in [0.2, 0.25) is 5.91 Å². The molecular formula is C22H31F3N2O3. The minimum atomic E-state index is -4.41. The SMILES string of the molecule is COc1cc(CCC(=O)NC2CCN(CC=C(C)C)CC2)ccc1OCC(F)(F)F. The van der Waals surface area contributed by atoms with Crippen LogP contribution in [0, 0.1) is 0 Å². The summed E-state index contributed by atoms with van der Waals surface area (Å²) in [7, 11) is 1.37. The van der Waals surface area contributed by atoms with Gasteiger partial charge in [-0.15, -0.1) is 0 Å². The quantitative estimate of drug-likeness (QED) is 0.602. The predicted octanol–water partition coefficient (Wildman–Crippen LogP) is 4.12. The maximum Gasteiger partial charge on any atom is 0.422 e. The molecule has 30 heavy (non-hydrogen) atoms. The number of nitrogens with one attached hydrogen (secondary N) is 1. The molecule has 1 aliphatic rings. The number of amides is 1. The number of piperidine rings is 1. The van der Waals surface area contributed by atoms with E-state index >= 15 is 0 Å². The molecule has 0 saturated carbocycles. The van der Waals surface area contributed by atoms with Crippen molar-refractivity contribution in [2.75, 3.05) is 33.4 Å². The molecule has 0 spiro atoms. The summed E-state index contributed by atoms with van der Waals surface area (Å²) >= 11 is 0. The van der Waals surface area contributed by atoms with E-state index in [4.69, 9.17) is 9.47 Å². The molecule has 2 rings (SSSR count). The van der Waals surface area contributed by atoms with Crippen LogP contribution in [0.5, 0.6) is 11.5 Å². The number of benzene rings is 1. The van der Waals surface area contributed by atoms with Crippen LogP contribution in [0.25, 0.3) is 0 Å². The second kappa shape index (κ2) is 11.2. The number of halogens is 3. The highest BCUT2D eigenvalue weighted by Gasteiger charge is 2.29. The number of ether oxygens (including phenoxy) is 2. The average molecular weight is 428 g/mol. The number of carbonyl (C=O) groups is 1. The first-order chi connectivity index (χ1) is 14.2. The van der Waals surface area contributed by atoms with E-state index in [1.807, 2.05) is 0 Å². The molecule has 1 aromatic rings. The van der Waals surface area contributed by atoms with Crippen LogP contribution in [0.4, 0.5) is 13.2 Å². The zero-order valence-electron chi connectivity index (χ0n) is 17.8. The Hall–Kier alpha value is -2.22. The van der Waals surface area contributed by atoms with Gasteiger partial charge in [-0.1, -0.05) is 17.7 Å². The van der Waals surface area contributed by atoms with Crippen molar-refractivity contribution in [3.8, 4) is 11.5 Å². The normalized spacial score (nSPS) is 15.5. The summed E-state index contributed by atoms with van der Waals surface area (Å²) in [5.41, 5.74) is 2.11. The van der Waals surface area contributed by atoms with Crippen LogP contribution in [-0.4, -0.2) is 56.4 Å². The fourth-order valence-corrected chi connectivity index (χ4v) is 3.28. The Morgan fingerprint density at radius 1 is 1.23 bits per heavy atom. The van der Waals surface area contributed by atoms with Crippen molar-refractivity contribution in [1.29, 1.82) is 0 Å². The lowest BCUT2D eigenvalue weighted by molar-refractivity contribution is -0.153. The molecule has 0 aromatic heterocycles. The van der Waals surface area contributed by atoms with Crippen molar-refractivity contribution in [2.24, 2.45) is 0 Å². The van der Waals surface area contributed by atoms with Gasteiger partial charge < -0.3 is 14.8 Å². The van der Waals surface area contributed by atoms with E-state index in [9.17, 15) is 18.0 Å². The van der Waals surface area contributed by atoms with Crippen LogP contribution in [0.3, 0.4) is 0 Å². The molecule has 1 amide bonds. The van der Waals surface area contributed by atoms with E-state index < -0.39 is 12.8 Å². The number of hydrogen-bond acceptors (Lipinski definition) is 4. The van der Waals surface area contributed by atoms with Gasteiger partial charge in [0.25, 0.3) is 0 Å². The zero-order chi connectivity index (χ0) is 22.1. The van der Waals surface area contributed by atoms with Crippen LogP contribution in [-0.2, 0) is 11.2 Å². The Morgan fingerprint density at radius 2 is 1.93 bits per heavy atom. The van der Waals surface area contributed by atoms with E-state index in [1.165, 1.54) is 18.7 Å². The van der Waals surface area contributed by atoms with Gasteiger partial charge in [0.05, 0.1) is 7.11 Å². The van der Waals surface area contributed by atoms with Gasteiger partial charge >= 0.3 is 6.18 Å². The number of likely N-dealkylation sites (tertiary alicyclic amines) is 1. The van der Waals surface area contributed by atoms with Gasteiger partial charge in [-0.3, -0.25) is 9.69 Å². The lowest BCUT2D eigenvalue weighted by atomic mass is 10.0. The second-order valence-electron chi connectivity index (χ2n) is 7.81. The molecule has 0 aliphatic carbocycles. The van der Waals surface area contributed by atoms with Crippen molar-refractivity contribution in [1.82, 2.24) is 10.2 Å². The standard InChI is InChI=1S/C22H31F3N2O3/c1-16(2)8-11-27-12-9-18(10-13-27)26-21(28)7-5-17-4-6-19(20(14-17)29-3)30-15-22(23,24)25/h4,6,8,14,18H,5,7,9-13,15H2,1-3H3,(H,26,28). The molecule has 1 saturated heterocycles. The molecule has 8 heteroatoms. The van der Waals surface area contributed by atoms with E-state index in [0.29, 0.717) is 12.8 Å². The molecule has 5 nitrogen and oxygen atoms in total. The Bertz CT molecular complexity index is 723. The van der Waals surface area contributed by atoms with Crippen LogP contribution < -0.4 is 14.8 Å². The number of alkyl halides is 3. The van der Waals surface area contributed by atoms with Crippen LogP contribution in [0.1, 0.15) is 38.7 Å². The molecular weight excluding hydrogens is 397 g/mol. The number of aryl methyl sites for hydroxylation is 1. The van der Waals surface area contributed by atoms with Gasteiger partial charge in [0, 0.05) is 32.1 Å². The molecule has 1 aromatic carbocycles. The number of allylic oxidation sites excluding steroid dienone is 1. The number of nitrogens with zero attached hydrogens (tertiary/aromatic N) is 1. The van der Waals surface area contributed by atoms with E-state index in [-0.39, 0.29) is 23.4 Å². The van der Waals surface area contributed by atoms with Crippen molar-refractivity contribution in [2.45, 2.75) is 51.7 Å². The number of hydrogen-bond donors (Lipinski definition) is 1. The van der Waals surface area contributed by atoms with E-state index in [0.717, 1.165) is 38.0 Å². The summed E-state index contributed by atoms with van der Waals surface area (Å²) in [5.74, 6) is 0.234. The highest BCUT2D eigenvalue weighted by Crippen LogP contribution is 2.30. The maximum absolute atomic E-state index is 12.3. The number of carbonyl (C=O) groups excluding carboxylic acids is 1. The van der Waals surface area contributed by atoms with Gasteiger partial charge in [-0.2, -0.15) is 13.2 Å². The summed E-state index contributed by atoms with van der Waals surface area (Å²) in [5, 5.41) is 3.09. The monoisotopic (exact) mass is 428 g/mol. The molecule has 0 atom stereocenters. The maximum atomic E-state index is 12.3.